The standard InChI is InChI=1S/C63H50N6/c1-37-40(4)52(67-55-25-13-7-19-46(55)47-20-8-14-26-56(47)67)34-31-43(37)61-64-62(44-32-35-53(41(5)38(44)2)68-57-27-15-9-21-48(57)49-22-10-16-28-58(49)68)66-63(65-61)45-33-36-54(42(6)39(45)3)69-59-29-17-11-23-50(59)51-24-12-18-30-60(51)69/h7-11,13-17,19-36H,12,18H2,1-6H3. The number of fused-ring (bicyclic) bond motifs is 9. The molecule has 0 fully saturated rings. The summed E-state index contributed by atoms with van der Waals surface area (Å²) in [7, 11) is 0. The Morgan fingerprint density at radius 1 is 0.304 bits per heavy atom. The van der Waals surface area contributed by atoms with Gasteiger partial charge in [-0.1, -0.05) is 103 Å². The van der Waals surface area contributed by atoms with Crippen molar-refractivity contribution in [1.29, 1.82) is 0 Å². The van der Waals surface area contributed by atoms with Crippen LogP contribution in [0.4, 0.5) is 0 Å². The second-order valence-electron chi connectivity index (χ2n) is 18.8. The highest BCUT2D eigenvalue weighted by Gasteiger charge is 2.23. The lowest BCUT2D eigenvalue weighted by atomic mass is 9.98. The molecule has 0 N–H and O–H groups in total. The van der Waals surface area contributed by atoms with Crippen LogP contribution in [0.25, 0.3) is 118 Å². The van der Waals surface area contributed by atoms with Crippen LogP contribution in [0, 0.1) is 41.5 Å². The lowest BCUT2D eigenvalue weighted by Gasteiger charge is -2.19. The van der Waals surface area contributed by atoms with Crippen LogP contribution in [0.5, 0.6) is 0 Å². The van der Waals surface area contributed by atoms with E-state index in [2.05, 4.69) is 225 Å². The molecule has 0 atom stereocenters. The van der Waals surface area contributed by atoms with Gasteiger partial charge in [0.2, 0.25) is 0 Å². The van der Waals surface area contributed by atoms with Crippen molar-refractivity contribution < 1.29 is 0 Å². The first-order valence-corrected chi connectivity index (χ1v) is 24.1. The van der Waals surface area contributed by atoms with E-state index < -0.39 is 0 Å². The Morgan fingerprint density at radius 3 is 0.986 bits per heavy atom. The van der Waals surface area contributed by atoms with Gasteiger partial charge in [0.1, 0.15) is 0 Å². The Hall–Kier alpha value is -8.35. The number of rotatable bonds is 6. The van der Waals surface area contributed by atoms with Gasteiger partial charge < -0.3 is 13.7 Å². The topological polar surface area (TPSA) is 53.5 Å². The number of benzene rings is 8. The second-order valence-corrected chi connectivity index (χ2v) is 18.8. The van der Waals surface area contributed by atoms with Crippen molar-refractivity contribution in [2.45, 2.75) is 54.4 Å². The number of hydrogen-bond donors (Lipinski definition) is 0. The molecular weight excluding hydrogens is 841 g/mol. The van der Waals surface area contributed by atoms with Crippen LogP contribution in [-0.2, 0) is 0 Å². The molecule has 13 rings (SSSR count). The van der Waals surface area contributed by atoms with Gasteiger partial charge in [-0.15, -0.1) is 0 Å². The van der Waals surface area contributed by atoms with Gasteiger partial charge in [-0.05, 0) is 154 Å². The SMILES string of the molecule is Cc1c(-c2nc(-c3ccc(-n4c5ccccc5c5ccccc54)c(C)c3C)nc(-c3ccc(-n4c5ccccc5c5ccccc54)c(C)c3C)n2)ccc(-n2c3c(c4ccccc42)=CCCC=3)c1C. The first-order chi connectivity index (χ1) is 33.8. The summed E-state index contributed by atoms with van der Waals surface area (Å²) >= 11 is 0. The summed E-state index contributed by atoms with van der Waals surface area (Å²) in [6.45, 7) is 13.3. The van der Waals surface area contributed by atoms with E-state index in [1.807, 2.05) is 0 Å². The summed E-state index contributed by atoms with van der Waals surface area (Å²) in [6, 6.07) is 57.0. The van der Waals surface area contributed by atoms with Crippen LogP contribution in [0.3, 0.4) is 0 Å². The highest BCUT2D eigenvalue weighted by atomic mass is 15.0. The minimum absolute atomic E-state index is 0.657. The lowest BCUT2D eigenvalue weighted by molar-refractivity contribution is 1.01. The Bertz CT molecular complexity index is 3980. The third-order valence-corrected chi connectivity index (χ3v) is 15.3. The van der Waals surface area contributed by atoms with Gasteiger partial charge >= 0.3 is 0 Å². The zero-order valence-corrected chi connectivity index (χ0v) is 39.8. The second kappa shape index (κ2) is 15.6. The van der Waals surface area contributed by atoms with Crippen molar-refractivity contribution in [2.24, 2.45) is 0 Å². The number of nitrogens with zero attached hydrogens (tertiary/aromatic N) is 6. The summed E-state index contributed by atoms with van der Waals surface area (Å²) in [5, 5.41) is 8.87. The predicted octanol–water partition coefficient (Wildman–Crippen LogP) is 14.2. The monoisotopic (exact) mass is 890 g/mol. The molecule has 0 unspecified atom stereocenters. The quantitative estimate of drug-likeness (QED) is 0.167. The lowest BCUT2D eigenvalue weighted by Crippen LogP contribution is -2.30. The largest absolute Gasteiger partial charge is 0.309 e. The molecule has 0 saturated heterocycles. The van der Waals surface area contributed by atoms with Crippen molar-refractivity contribution in [2.75, 3.05) is 0 Å². The summed E-state index contributed by atoms with van der Waals surface area (Å²) in [5.74, 6) is 1.97. The van der Waals surface area contributed by atoms with Crippen molar-refractivity contribution in [3.63, 3.8) is 0 Å². The molecule has 4 aromatic heterocycles. The highest BCUT2D eigenvalue weighted by Crippen LogP contribution is 2.39. The maximum absolute atomic E-state index is 5.44. The molecule has 0 radical (unpaired) electrons. The van der Waals surface area contributed by atoms with Gasteiger partial charge in [-0.2, -0.15) is 0 Å². The summed E-state index contributed by atoms with van der Waals surface area (Å²) in [6.07, 6.45) is 6.89. The normalized spacial score (nSPS) is 12.6. The minimum atomic E-state index is 0.657. The van der Waals surface area contributed by atoms with E-state index in [1.54, 1.807) is 0 Å². The zero-order chi connectivity index (χ0) is 46.7. The fraction of sp³-hybridized carbons (Fsp3) is 0.127. The van der Waals surface area contributed by atoms with Crippen molar-refractivity contribution in [3.05, 3.63) is 202 Å². The van der Waals surface area contributed by atoms with Crippen molar-refractivity contribution in [1.82, 2.24) is 28.7 Å². The van der Waals surface area contributed by atoms with Gasteiger partial charge in [0.25, 0.3) is 0 Å². The van der Waals surface area contributed by atoms with Crippen LogP contribution in [-0.4, -0.2) is 28.7 Å². The summed E-state index contributed by atoms with van der Waals surface area (Å²) in [5.41, 5.74) is 19.4. The van der Waals surface area contributed by atoms with Gasteiger partial charge in [0, 0.05) is 71.3 Å². The maximum atomic E-state index is 5.44. The van der Waals surface area contributed by atoms with Crippen LogP contribution in [0.1, 0.15) is 46.2 Å². The number of para-hydroxylation sites is 5. The first-order valence-electron chi connectivity index (χ1n) is 24.1. The maximum Gasteiger partial charge on any atom is 0.164 e. The molecule has 0 bridgehead atoms. The van der Waals surface area contributed by atoms with E-state index in [0.717, 1.165) is 57.6 Å². The average molecular weight is 891 g/mol. The molecule has 0 aliphatic heterocycles. The zero-order valence-electron chi connectivity index (χ0n) is 39.8. The smallest absolute Gasteiger partial charge is 0.164 e. The van der Waals surface area contributed by atoms with Gasteiger partial charge in [0.15, 0.2) is 17.5 Å². The molecular formula is C63H50N6. The van der Waals surface area contributed by atoms with Crippen LogP contribution in [0.15, 0.2) is 158 Å². The van der Waals surface area contributed by atoms with E-state index in [4.69, 9.17) is 15.0 Å². The molecule has 0 amide bonds. The first kappa shape index (κ1) is 40.9. The highest BCUT2D eigenvalue weighted by molar-refractivity contribution is 6.10. The van der Waals surface area contributed by atoms with E-state index in [-0.39, 0.29) is 0 Å². The molecule has 69 heavy (non-hydrogen) atoms. The van der Waals surface area contributed by atoms with E-state index in [1.165, 1.54) is 87.5 Å². The third-order valence-electron chi connectivity index (χ3n) is 15.3. The number of hydrogen-bond acceptors (Lipinski definition) is 3. The summed E-state index contributed by atoms with van der Waals surface area (Å²) in [4.78, 5) is 16.3. The van der Waals surface area contributed by atoms with Crippen LogP contribution >= 0.6 is 0 Å². The van der Waals surface area contributed by atoms with Crippen molar-refractivity contribution >= 4 is 66.7 Å². The van der Waals surface area contributed by atoms with E-state index >= 15 is 0 Å². The van der Waals surface area contributed by atoms with Gasteiger partial charge in [0.05, 0.1) is 27.6 Å². The third kappa shape index (κ3) is 6.07. The Labute approximate surface area is 400 Å². The molecule has 332 valence electrons. The average Bonchev–Trinajstić information content (AvgIpc) is 4.02. The molecule has 8 aromatic carbocycles. The fourth-order valence-electron chi connectivity index (χ4n) is 11.4. The molecule has 4 heterocycles. The van der Waals surface area contributed by atoms with Crippen LogP contribution < -0.4 is 10.6 Å². The molecule has 6 heteroatoms. The fourth-order valence-corrected chi connectivity index (χ4v) is 11.4. The molecule has 6 nitrogen and oxygen atoms in total. The van der Waals surface area contributed by atoms with E-state index in [0.29, 0.717) is 17.5 Å². The summed E-state index contributed by atoms with van der Waals surface area (Å²) < 4.78 is 7.26. The van der Waals surface area contributed by atoms with Gasteiger partial charge in [-0.25, -0.2) is 15.0 Å². The Kier molecular flexibility index (Phi) is 9.25. The number of aromatic nitrogens is 6. The predicted molar refractivity (Wildman–Crippen MR) is 287 cm³/mol. The molecule has 1 aliphatic carbocycles. The van der Waals surface area contributed by atoms with Gasteiger partial charge in [-0.3, -0.25) is 0 Å². The molecule has 0 spiro atoms. The minimum Gasteiger partial charge on any atom is -0.309 e. The Balaban J connectivity index is 1.01. The van der Waals surface area contributed by atoms with Crippen LogP contribution in [0.2, 0.25) is 0 Å². The Morgan fingerprint density at radius 2 is 0.609 bits per heavy atom. The molecule has 0 saturated carbocycles. The van der Waals surface area contributed by atoms with Crippen molar-refractivity contribution in [3.8, 4) is 51.2 Å². The molecule has 12 aromatic rings. The van der Waals surface area contributed by atoms with E-state index in [9.17, 15) is 0 Å². The molecule has 1 aliphatic rings.